The zero-order valence-electron chi connectivity index (χ0n) is 19.5. The highest BCUT2D eigenvalue weighted by molar-refractivity contribution is 5.69. The van der Waals surface area contributed by atoms with Gasteiger partial charge in [0.15, 0.2) is 0 Å². The predicted octanol–water partition coefficient (Wildman–Crippen LogP) is 3.28. The van der Waals surface area contributed by atoms with Gasteiger partial charge in [-0.05, 0) is 51.3 Å². The number of nitrogens with one attached hydrogen (secondary N) is 2. The van der Waals surface area contributed by atoms with E-state index < -0.39 is 23.7 Å². The van der Waals surface area contributed by atoms with E-state index in [1.54, 1.807) is 33.9 Å². The van der Waals surface area contributed by atoms with Crippen LogP contribution in [0.15, 0.2) is 36.5 Å². The highest BCUT2D eigenvalue weighted by atomic mass is 16.6. The molecule has 1 atom stereocenters. The summed E-state index contributed by atoms with van der Waals surface area (Å²) in [5.74, 6) is 0.374. The number of carbonyl (C=O) groups excluding carboxylic acids is 1. The number of rotatable bonds is 12. The lowest BCUT2D eigenvalue weighted by atomic mass is 10.1. The van der Waals surface area contributed by atoms with Gasteiger partial charge in [-0.1, -0.05) is 12.1 Å². The lowest BCUT2D eigenvalue weighted by Gasteiger charge is -2.22. The van der Waals surface area contributed by atoms with E-state index in [9.17, 15) is 14.7 Å². The maximum atomic E-state index is 11.9. The second-order valence-electron chi connectivity index (χ2n) is 8.34. The summed E-state index contributed by atoms with van der Waals surface area (Å²) in [6, 6.07) is 8.86. The zero-order chi connectivity index (χ0) is 24.3. The average molecular weight is 461 g/mol. The standard InChI is InChI=1S/C23H32N4O6/c1-23(2,3)33-22(30)25-15-17(14-20(28)29)26-21-24-12-11-19(27-21)32-13-5-6-16-7-9-18(31-4)10-8-16/h7-12,17H,5-6,13-15H2,1-4H3,(H,25,30)(H,28,29)(H,24,26,27)/t17-/m1/s1. The van der Waals surface area contributed by atoms with Gasteiger partial charge in [-0.3, -0.25) is 4.79 Å². The normalized spacial score (nSPS) is 11.9. The maximum absolute atomic E-state index is 11.9. The van der Waals surface area contributed by atoms with E-state index in [1.165, 1.54) is 11.8 Å². The Morgan fingerprint density at radius 1 is 1.15 bits per heavy atom. The van der Waals surface area contributed by atoms with Crippen LogP contribution in [0.3, 0.4) is 0 Å². The number of aryl methyl sites for hydroxylation is 1. The van der Waals surface area contributed by atoms with Crippen LogP contribution < -0.4 is 20.1 Å². The number of ether oxygens (including phenoxy) is 3. The van der Waals surface area contributed by atoms with Crippen molar-refractivity contribution in [3.8, 4) is 11.6 Å². The molecule has 2 aromatic rings. The topological polar surface area (TPSA) is 132 Å². The summed E-state index contributed by atoms with van der Waals surface area (Å²) in [6.07, 6.45) is 2.28. The molecule has 1 aromatic carbocycles. The molecule has 0 saturated carbocycles. The van der Waals surface area contributed by atoms with E-state index in [2.05, 4.69) is 20.6 Å². The molecule has 1 heterocycles. The van der Waals surface area contributed by atoms with Crippen molar-refractivity contribution in [3.63, 3.8) is 0 Å². The van der Waals surface area contributed by atoms with Crippen LogP contribution >= 0.6 is 0 Å². The van der Waals surface area contributed by atoms with Crippen molar-refractivity contribution in [1.29, 1.82) is 0 Å². The van der Waals surface area contributed by atoms with Crippen LogP contribution in [0.1, 0.15) is 39.2 Å². The maximum Gasteiger partial charge on any atom is 0.407 e. The highest BCUT2D eigenvalue weighted by Crippen LogP contribution is 2.14. The van der Waals surface area contributed by atoms with E-state index in [-0.39, 0.29) is 18.9 Å². The molecule has 1 aromatic heterocycles. The number of benzene rings is 1. The van der Waals surface area contributed by atoms with Crippen LogP contribution in [-0.2, 0) is 16.0 Å². The van der Waals surface area contributed by atoms with Crippen LogP contribution in [0.25, 0.3) is 0 Å². The number of aromatic nitrogens is 2. The third-order valence-electron chi connectivity index (χ3n) is 4.29. The summed E-state index contributed by atoms with van der Waals surface area (Å²) in [7, 11) is 1.63. The van der Waals surface area contributed by atoms with E-state index in [0.29, 0.717) is 12.5 Å². The van der Waals surface area contributed by atoms with Crippen LogP contribution in [-0.4, -0.2) is 59.0 Å². The van der Waals surface area contributed by atoms with Crippen molar-refractivity contribution in [2.24, 2.45) is 0 Å². The molecule has 0 aliphatic rings. The first kappa shape index (κ1) is 25.7. The molecule has 0 saturated heterocycles. The monoisotopic (exact) mass is 460 g/mol. The lowest BCUT2D eigenvalue weighted by molar-refractivity contribution is -0.137. The Kier molecular flexibility index (Phi) is 9.71. The number of anilines is 1. The van der Waals surface area contributed by atoms with Crippen molar-refractivity contribution in [2.75, 3.05) is 25.6 Å². The minimum absolute atomic E-state index is 0.0253. The average Bonchev–Trinajstić information content (AvgIpc) is 2.74. The summed E-state index contributed by atoms with van der Waals surface area (Å²) in [5, 5.41) is 14.7. The Bertz CT molecular complexity index is 899. The number of carboxylic acid groups (broad SMARTS) is 1. The van der Waals surface area contributed by atoms with Gasteiger partial charge in [-0.25, -0.2) is 9.78 Å². The first-order valence-electron chi connectivity index (χ1n) is 10.7. The number of hydrogen-bond acceptors (Lipinski definition) is 8. The molecule has 0 unspecified atom stereocenters. The third kappa shape index (κ3) is 10.5. The fourth-order valence-corrected chi connectivity index (χ4v) is 2.83. The van der Waals surface area contributed by atoms with Crippen molar-refractivity contribution in [3.05, 3.63) is 42.1 Å². The molecule has 10 heteroatoms. The summed E-state index contributed by atoms with van der Waals surface area (Å²) < 4.78 is 16.0. The van der Waals surface area contributed by atoms with Gasteiger partial charge in [0.2, 0.25) is 11.8 Å². The smallest absolute Gasteiger partial charge is 0.407 e. The number of carboxylic acids is 1. The molecule has 0 aliphatic heterocycles. The van der Waals surface area contributed by atoms with E-state index in [0.717, 1.165) is 18.6 Å². The molecule has 33 heavy (non-hydrogen) atoms. The fourth-order valence-electron chi connectivity index (χ4n) is 2.83. The Morgan fingerprint density at radius 3 is 2.52 bits per heavy atom. The van der Waals surface area contributed by atoms with Gasteiger partial charge in [0.05, 0.1) is 26.2 Å². The van der Waals surface area contributed by atoms with Crippen LogP contribution in [0.2, 0.25) is 0 Å². The number of nitrogens with zero attached hydrogens (tertiary/aromatic N) is 2. The second-order valence-corrected chi connectivity index (χ2v) is 8.34. The van der Waals surface area contributed by atoms with Crippen molar-refractivity contribution in [1.82, 2.24) is 15.3 Å². The van der Waals surface area contributed by atoms with Gasteiger partial charge < -0.3 is 30.0 Å². The first-order valence-corrected chi connectivity index (χ1v) is 10.7. The molecular weight excluding hydrogens is 428 g/mol. The Morgan fingerprint density at radius 2 is 1.88 bits per heavy atom. The Labute approximate surface area is 193 Å². The van der Waals surface area contributed by atoms with Crippen LogP contribution in [0, 0.1) is 0 Å². The molecule has 0 fully saturated rings. The van der Waals surface area contributed by atoms with Crippen molar-refractivity contribution in [2.45, 2.75) is 51.7 Å². The van der Waals surface area contributed by atoms with Crippen molar-refractivity contribution >= 4 is 18.0 Å². The minimum atomic E-state index is -1.02. The number of methoxy groups -OCH3 is 1. The molecule has 180 valence electrons. The number of aliphatic carboxylic acids is 1. The predicted molar refractivity (Wildman–Crippen MR) is 123 cm³/mol. The molecule has 10 nitrogen and oxygen atoms in total. The van der Waals surface area contributed by atoms with E-state index in [4.69, 9.17) is 14.2 Å². The van der Waals surface area contributed by atoms with Crippen LogP contribution in [0.5, 0.6) is 11.6 Å². The quantitative estimate of drug-likeness (QED) is 0.408. The molecule has 0 radical (unpaired) electrons. The van der Waals surface area contributed by atoms with Crippen LogP contribution in [0.4, 0.5) is 10.7 Å². The Balaban J connectivity index is 1.85. The molecule has 0 aliphatic carbocycles. The number of amides is 1. The van der Waals surface area contributed by atoms with Crippen molar-refractivity contribution < 1.29 is 28.9 Å². The highest BCUT2D eigenvalue weighted by Gasteiger charge is 2.19. The SMILES string of the molecule is COc1ccc(CCCOc2ccnc(N[C@@H](CNC(=O)OC(C)(C)C)CC(=O)O)n2)cc1. The second kappa shape index (κ2) is 12.5. The summed E-state index contributed by atoms with van der Waals surface area (Å²) >= 11 is 0. The van der Waals surface area contributed by atoms with Gasteiger partial charge in [0.1, 0.15) is 11.4 Å². The van der Waals surface area contributed by atoms with Gasteiger partial charge in [0.25, 0.3) is 0 Å². The summed E-state index contributed by atoms with van der Waals surface area (Å²) in [4.78, 5) is 31.5. The minimum Gasteiger partial charge on any atom is -0.497 e. The largest absolute Gasteiger partial charge is 0.497 e. The molecular formula is C23H32N4O6. The summed E-state index contributed by atoms with van der Waals surface area (Å²) in [5.41, 5.74) is 0.528. The summed E-state index contributed by atoms with van der Waals surface area (Å²) in [6.45, 7) is 5.72. The fraction of sp³-hybridized carbons (Fsp3) is 0.478. The van der Waals surface area contributed by atoms with Gasteiger partial charge >= 0.3 is 12.1 Å². The number of carbonyl (C=O) groups is 2. The molecule has 2 rings (SSSR count). The van der Waals surface area contributed by atoms with E-state index in [1.807, 2.05) is 24.3 Å². The first-order chi connectivity index (χ1) is 15.6. The number of hydrogen-bond donors (Lipinski definition) is 3. The lowest BCUT2D eigenvalue weighted by Crippen LogP contribution is -2.40. The van der Waals surface area contributed by atoms with Gasteiger partial charge in [-0.2, -0.15) is 4.98 Å². The third-order valence-corrected chi connectivity index (χ3v) is 4.29. The molecule has 0 bridgehead atoms. The molecule has 3 N–H and O–H groups in total. The Hall–Kier alpha value is -3.56. The van der Waals surface area contributed by atoms with Gasteiger partial charge in [-0.15, -0.1) is 0 Å². The molecule has 1 amide bonds. The molecule has 0 spiro atoms. The number of alkyl carbamates (subject to hydrolysis) is 1. The zero-order valence-corrected chi connectivity index (χ0v) is 19.5. The van der Waals surface area contributed by atoms with E-state index >= 15 is 0 Å². The van der Waals surface area contributed by atoms with Gasteiger partial charge in [0, 0.05) is 18.8 Å².